The fraction of sp³-hybridized carbons (Fsp3) is 0.917. The summed E-state index contributed by atoms with van der Waals surface area (Å²) in [7, 11) is 1.44. The first-order valence-electron chi connectivity index (χ1n) is 6.12. The fourth-order valence-electron chi connectivity index (χ4n) is 2.38. The molecule has 1 saturated carbocycles. The van der Waals surface area contributed by atoms with Crippen molar-refractivity contribution in [1.29, 1.82) is 0 Å². The highest BCUT2D eigenvalue weighted by atomic mass is 16.5. The summed E-state index contributed by atoms with van der Waals surface area (Å²) in [4.78, 5) is 11.0. The van der Waals surface area contributed by atoms with E-state index in [2.05, 4.69) is 10.1 Å². The molecule has 0 radical (unpaired) electrons. The molecule has 0 spiro atoms. The molecule has 0 saturated heterocycles. The van der Waals surface area contributed by atoms with E-state index in [4.69, 9.17) is 0 Å². The Labute approximate surface area is 97.4 Å². The van der Waals surface area contributed by atoms with E-state index in [9.17, 15) is 9.90 Å². The van der Waals surface area contributed by atoms with Crippen LogP contribution in [0.3, 0.4) is 0 Å². The second-order valence-electron chi connectivity index (χ2n) is 4.68. The van der Waals surface area contributed by atoms with Crippen molar-refractivity contribution in [2.45, 2.75) is 57.7 Å². The quantitative estimate of drug-likeness (QED) is 0.553. The lowest BCUT2D eigenvalue weighted by Crippen LogP contribution is -2.38. The molecule has 4 nitrogen and oxygen atoms in total. The Hall–Kier alpha value is -0.610. The molecule has 1 atom stereocenters. The van der Waals surface area contributed by atoms with Crippen molar-refractivity contribution in [3.8, 4) is 0 Å². The number of aliphatic hydroxyl groups is 1. The number of hydrogen-bond acceptors (Lipinski definition) is 4. The van der Waals surface area contributed by atoms with Crippen molar-refractivity contribution in [1.82, 2.24) is 5.32 Å². The minimum atomic E-state index is -0.420. The van der Waals surface area contributed by atoms with Crippen LogP contribution in [0.5, 0.6) is 0 Å². The van der Waals surface area contributed by atoms with Crippen LogP contribution in [0.25, 0.3) is 0 Å². The van der Waals surface area contributed by atoms with Crippen LogP contribution in [0.15, 0.2) is 0 Å². The number of ether oxygens (including phenoxy) is 1. The minimum Gasteiger partial charge on any atom is -0.469 e. The second-order valence-corrected chi connectivity index (χ2v) is 4.68. The van der Waals surface area contributed by atoms with E-state index < -0.39 is 6.23 Å². The summed E-state index contributed by atoms with van der Waals surface area (Å²) >= 11 is 0. The van der Waals surface area contributed by atoms with Crippen molar-refractivity contribution >= 4 is 5.97 Å². The molecule has 1 aliphatic carbocycles. The fourth-order valence-corrected chi connectivity index (χ4v) is 2.38. The second kappa shape index (κ2) is 6.86. The van der Waals surface area contributed by atoms with Gasteiger partial charge in [-0.2, -0.15) is 0 Å². The van der Waals surface area contributed by atoms with Crippen LogP contribution in [-0.2, 0) is 9.53 Å². The van der Waals surface area contributed by atoms with E-state index in [1.165, 1.54) is 7.11 Å². The molecule has 0 aliphatic heterocycles. The van der Waals surface area contributed by atoms with E-state index in [0.29, 0.717) is 18.4 Å². The van der Waals surface area contributed by atoms with Gasteiger partial charge in [-0.25, -0.2) is 0 Å². The maximum atomic E-state index is 11.0. The molecule has 0 aromatic heterocycles. The van der Waals surface area contributed by atoms with Crippen molar-refractivity contribution in [3.05, 3.63) is 0 Å². The molecule has 0 amide bonds. The predicted molar refractivity (Wildman–Crippen MR) is 61.8 cm³/mol. The summed E-state index contributed by atoms with van der Waals surface area (Å²) in [5.41, 5.74) is 0. The van der Waals surface area contributed by atoms with Gasteiger partial charge in [0.1, 0.15) is 6.23 Å². The molecule has 4 heteroatoms. The topological polar surface area (TPSA) is 58.6 Å². The maximum absolute atomic E-state index is 11.0. The third kappa shape index (κ3) is 4.94. The normalized spacial score (nSPS) is 27.4. The number of methoxy groups -OCH3 is 1. The van der Waals surface area contributed by atoms with Gasteiger partial charge in [0, 0.05) is 12.5 Å². The zero-order chi connectivity index (χ0) is 12.0. The van der Waals surface area contributed by atoms with E-state index in [1.807, 2.05) is 0 Å². The summed E-state index contributed by atoms with van der Waals surface area (Å²) in [5.74, 6) is 0.537. The van der Waals surface area contributed by atoms with E-state index in [-0.39, 0.29) is 5.97 Å². The van der Waals surface area contributed by atoms with Gasteiger partial charge >= 0.3 is 5.97 Å². The van der Waals surface area contributed by atoms with Crippen LogP contribution in [0.4, 0.5) is 0 Å². The lowest BCUT2D eigenvalue weighted by atomic mass is 9.83. The number of hydrogen-bond donors (Lipinski definition) is 2. The average molecular weight is 229 g/mol. The molecule has 2 N–H and O–H groups in total. The molecule has 1 unspecified atom stereocenters. The van der Waals surface area contributed by atoms with Gasteiger partial charge < -0.3 is 9.84 Å². The van der Waals surface area contributed by atoms with Crippen LogP contribution in [0, 0.1) is 5.92 Å². The molecule has 0 heterocycles. The van der Waals surface area contributed by atoms with Crippen LogP contribution in [0.2, 0.25) is 0 Å². The van der Waals surface area contributed by atoms with Gasteiger partial charge in [-0.3, -0.25) is 10.1 Å². The third-order valence-electron chi connectivity index (χ3n) is 3.31. The van der Waals surface area contributed by atoms with Gasteiger partial charge in [-0.15, -0.1) is 0 Å². The van der Waals surface area contributed by atoms with Gasteiger partial charge in [0.2, 0.25) is 0 Å². The molecule has 0 aromatic rings. The average Bonchev–Trinajstić information content (AvgIpc) is 2.27. The molecule has 1 rings (SSSR count). The monoisotopic (exact) mass is 229 g/mol. The first-order chi connectivity index (χ1) is 7.61. The van der Waals surface area contributed by atoms with Crippen LogP contribution in [0.1, 0.15) is 45.4 Å². The van der Waals surface area contributed by atoms with E-state index in [1.54, 1.807) is 6.92 Å². The Balaban J connectivity index is 2.14. The zero-order valence-corrected chi connectivity index (χ0v) is 10.2. The molecule has 1 aliphatic rings. The standard InChI is InChI=1S/C12H23NO3/c1-9(14)13-11-6-3-10(4-7-11)5-8-12(15)16-2/h9-11,13-14H,3-8H2,1-2H3. The summed E-state index contributed by atoms with van der Waals surface area (Å²) in [6, 6.07) is 0.439. The van der Waals surface area contributed by atoms with E-state index in [0.717, 1.165) is 32.1 Å². The van der Waals surface area contributed by atoms with Gasteiger partial charge in [0.15, 0.2) is 0 Å². The van der Waals surface area contributed by atoms with Crippen LogP contribution >= 0.6 is 0 Å². The third-order valence-corrected chi connectivity index (χ3v) is 3.31. The molecule has 94 valence electrons. The largest absolute Gasteiger partial charge is 0.469 e. The van der Waals surface area contributed by atoms with Crippen molar-refractivity contribution in [3.63, 3.8) is 0 Å². The van der Waals surface area contributed by atoms with Crippen molar-refractivity contribution in [2.24, 2.45) is 5.92 Å². The number of aliphatic hydroxyl groups excluding tert-OH is 1. The highest BCUT2D eigenvalue weighted by Gasteiger charge is 2.22. The predicted octanol–water partition coefficient (Wildman–Crippen LogP) is 1.43. The van der Waals surface area contributed by atoms with Crippen molar-refractivity contribution in [2.75, 3.05) is 7.11 Å². The molecular weight excluding hydrogens is 206 g/mol. The molecule has 1 fully saturated rings. The highest BCUT2D eigenvalue weighted by molar-refractivity contribution is 5.69. The summed E-state index contributed by atoms with van der Waals surface area (Å²) in [6.45, 7) is 1.75. The first-order valence-corrected chi connectivity index (χ1v) is 6.12. The Bertz CT molecular complexity index is 210. The highest BCUT2D eigenvalue weighted by Crippen LogP contribution is 2.28. The Morgan fingerprint density at radius 1 is 1.44 bits per heavy atom. The smallest absolute Gasteiger partial charge is 0.305 e. The van der Waals surface area contributed by atoms with Gasteiger partial charge in [0.25, 0.3) is 0 Å². The summed E-state index contributed by atoms with van der Waals surface area (Å²) in [6.07, 6.45) is 5.52. The summed E-state index contributed by atoms with van der Waals surface area (Å²) < 4.78 is 4.63. The molecule has 0 bridgehead atoms. The number of carbonyl (C=O) groups is 1. The van der Waals surface area contributed by atoms with Crippen LogP contribution in [-0.4, -0.2) is 30.5 Å². The zero-order valence-electron chi connectivity index (χ0n) is 10.2. The van der Waals surface area contributed by atoms with Crippen molar-refractivity contribution < 1.29 is 14.6 Å². The maximum Gasteiger partial charge on any atom is 0.305 e. The Kier molecular flexibility index (Phi) is 5.77. The number of nitrogens with one attached hydrogen (secondary N) is 1. The molecule has 0 aromatic carbocycles. The summed E-state index contributed by atoms with van der Waals surface area (Å²) in [5, 5.41) is 12.3. The lowest BCUT2D eigenvalue weighted by molar-refractivity contribution is -0.141. The first kappa shape index (κ1) is 13.5. The number of carbonyl (C=O) groups excluding carboxylic acids is 1. The van der Waals surface area contributed by atoms with E-state index >= 15 is 0 Å². The molecule has 16 heavy (non-hydrogen) atoms. The van der Waals surface area contributed by atoms with Crippen LogP contribution < -0.4 is 5.32 Å². The SMILES string of the molecule is COC(=O)CCC1CCC(NC(C)O)CC1. The van der Waals surface area contributed by atoms with Gasteiger partial charge in [-0.05, 0) is 44.9 Å². The van der Waals surface area contributed by atoms with Gasteiger partial charge in [-0.1, -0.05) is 0 Å². The Morgan fingerprint density at radius 2 is 2.06 bits per heavy atom. The number of esters is 1. The minimum absolute atomic E-state index is 0.107. The molecular formula is C12H23NO3. The Morgan fingerprint density at radius 3 is 2.56 bits per heavy atom. The number of rotatable bonds is 5. The lowest BCUT2D eigenvalue weighted by Gasteiger charge is -2.29. The van der Waals surface area contributed by atoms with Gasteiger partial charge in [0.05, 0.1) is 7.11 Å².